The van der Waals surface area contributed by atoms with Gasteiger partial charge >= 0.3 is 0 Å². The van der Waals surface area contributed by atoms with Crippen LogP contribution in [-0.2, 0) is 11.3 Å². The van der Waals surface area contributed by atoms with E-state index < -0.39 is 0 Å². The molecule has 5 nitrogen and oxygen atoms in total. The van der Waals surface area contributed by atoms with Crippen molar-refractivity contribution in [1.29, 1.82) is 0 Å². The lowest BCUT2D eigenvalue weighted by molar-refractivity contribution is -0.127. The van der Waals surface area contributed by atoms with E-state index in [9.17, 15) is 4.79 Å². The predicted octanol–water partition coefficient (Wildman–Crippen LogP) is 1.96. The summed E-state index contributed by atoms with van der Waals surface area (Å²) in [5.41, 5.74) is 1.29. The molecule has 1 aromatic rings. The van der Waals surface area contributed by atoms with Gasteiger partial charge in [-0.2, -0.15) is 0 Å². The molecule has 0 bridgehead atoms. The van der Waals surface area contributed by atoms with E-state index in [0.717, 1.165) is 12.5 Å². The molecule has 1 aliphatic carbocycles. The number of carbonyl (C=O) groups excluding carboxylic acids is 1. The number of hydrogen-bond acceptors (Lipinski definition) is 3. The van der Waals surface area contributed by atoms with Crippen LogP contribution in [0.15, 0.2) is 16.4 Å². The maximum absolute atomic E-state index is 11.6. The number of hydrogen-bond donors (Lipinski definition) is 2. The Morgan fingerprint density at radius 3 is 2.71 bits per heavy atom. The van der Waals surface area contributed by atoms with Gasteiger partial charge in [0.1, 0.15) is 6.54 Å². The Morgan fingerprint density at radius 2 is 2.19 bits per heavy atom. The van der Waals surface area contributed by atoms with Gasteiger partial charge in [-0.15, -0.1) is 35.3 Å². The Hall–Kier alpha value is -0.830. The fourth-order valence-corrected chi connectivity index (χ4v) is 2.46. The second-order valence-corrected chi connectivity index (χ2v) is 6.25. The molecule has 21 heavy (non-hydrogen) atoms. The quantitative estimate of drug-likeness (QED) is 0.434. The van der Waals surface area contributed by atoms with Gasteiger partial charge in [0.05, 0.1) is 6.54 Å². The van der Waals surface area contributed by atoms with Gasteiger partial charge in [0.2, 0.25) is 5.91 Å². The molecule has 0 aromatic carbocycles. The van der Waals surface area contributed by atoms with Crippen LogP contribution in [0, 0.1) is 6.92 Å². The zero-order valence-electron chi connectivity index (χ0n) is 12.7. The molecular formula is C14H23IN4OS. The third kappa shape index (κ3) is 6.21. The second-order valence-electron chi connectivity index (χ2n) is 5.25. The smallest absolute Gasteiger partial charge is 0.243 e. The highest BCUT2D eigenvalue weighted by molar-refractivity contribution is 14.0. The highest BCUT2D eigenvalue weighted by atomic mass is 127. The number of likely N-dealkylation sites (N-methyl/N-ethyl adjacent to an activating group) is 1. The first-order chi connectivity index (χ1) is 9.56. The second kappa shape index (κ2) is 8.57. The van der Waals surface area contributed by atoms with Gasteiger partial charge in [0, 0.05) is 25.0 Å². The van der Waals surface area contributed by atoms with Gasteiger partial charge in [-0.05, 0) is 36.8 Å². The number of guanidine groups is 1. The van der Waals surface area contributed by atoms with Crippen LogP contribution in [0.25, 0.3) is 0 Å². The van der Waals surface area contributed by atoms with Gasteiger partial charge < -0.3 is 15.5 Å². The molecule has 2 rings (SSSR count). The number of rotatable bonds is 5. The minimum Gasteiger partial charge on any atom is -0.354 e. The van der Waals surface area contributed by atoms with Gasteiger partial charge in [-0.1, -0.05) is 0 Å². The molecule has 1 amide bonds. The van der Waals surface area contributed by atoms with Crippen LogP contribution < -0.4 is 10.6 Å². The van der Waals surface area contributed by atoms with Gasteiger partial charge in [-0.25, -0.2) is 4.99 Å². The number of amides is 1. The maximum atomic E-state index is 11.6. The highest BCUT2D eigenvalue weighted by Crippen LogP contribution is 2.18. The molecular weight excluding hydrogens is 399 g/mol. The summed E-state index contributed by atoms with van der Waals surface area (Å²) < 4.78 is 0. The Morgan fingerprint density at radius 1 is 1.48 bits per heavy atom. The summed E-state index contributed by atoms with van der Waals surface area (Å²) >= 11 is 1.73. The predicted molar refractivity (Wildman–Crippen MR) is 98.5 cm³/mol. The summed E-state index contributed by atoms with van der Waals surface area (Å²) in [6, 6.07) is 2.63. The SMILES string of the molecule is Cc1ccsc1CNC(=NCC(=O)N(C)C)NC1CC1.I. The lowest BCUT2D eigenvalue weighted by Crippen LogP contribution is -2.39. The zero-order chi connectivity index (χ0) is 14.5. The van der Waals surface area contributed by atoms with E-state index in [4.69, 9.17) is 0 Å². The van der Waals surface area contributed by atoms with Crippen molar-refractivity contribution >= 4 is 47.2 Å². The van der Waals surface area contributed by atoms with Crippen LogP contribution in [0.3, 0.4) is 0 Å². The molecule has 0 aliphatic heterocycles. The molecule has 7 heteroatoms. The summed E-state index contributed by atoms with van der Waals surface area (Å²) in [7, 11) is 3.49. The summed E-state index contributed by atoms with van der Waals surface area (Å²) in [4.78, 5) is 18.8. The Balaban J connectivity index is 0.00000220. The van der Waals surface area contributed by atoms with E-state index in [1.807, 2.05) is 0 Å². The number of aryl methyl sites for hydroxylation is 1. The van der Waals surface area contributed by atoms with Crippen LogP contribution in [0.5, 0.6) is 0 Å². The highest BCUT2D eigenvalue weighted by Gasteiger charge is 2.22. The molecule has 118 valence electrons. The first kappa shape index (κ1) is 18.2. The number of nitrogens with zero attached hydrogens (tertiary/aromatic N) is 2. The van der Waals surface area contributed by atoms with E-state index in [0.29, 0.717) is 6.04 Å². The first-order valence-corrected chi connectivity index (χ1v) is 7.72. The lowest BCUT2D eigenvalue weighted by atomic mass is 10.3. The molecule has 1 heterocycles. The molecule has 0 atom stereocenters. The number of halogens is 1. The standard InChI is InChI=1S/C14H22N4OS.HI/c1-10-6-7-20-12(10)8-15-14(17-11-4-5-11)16-9-13(19)18(2)3;/h6-7,11H,4-5,8-9H2,1-3H3,(H2,15,16,17);1H. The third-order valence-corrected chi connectivity index (χ3v) is 4.20. The Labute approximate surface area is 147 Å². The van der Waals surface area contributed by atoms with Crippen molar-refractivity contribution in [2.24, 2.45) is 4.99 Å². The molecule has 0 spiro atoms. The van der Waals surface area contributed by atoms with Crippen LogP contribution in [0.2, 0.25) is 0 Å². The van der Waals surface area contributed by atoms with Crippen LogP contribution in [-0.4, -0.2) is 43.4 Å². The summed E-state index contributed by atoms with van der Waals surface area (Å²) in [5, 5.41) is 8.74. The molecule has 0 radical (unpaired) electrons. The minimum absolute atomic E-state index is 0. The third-order valence-electron chi connectivity index (χ3n) is 3.17. The van der Waals surface area contributed by atoms with E-state index >= 15 is 0 Å². The number of thiophene rings is 1. The number of nitrogens with one attached hydrogen (secondary N) is 2. The van der Waals surface area contributed by atoms with Crippen molar-refractivity contribution in [2.75, 3.05) is 20.6 Å². The maximum Gasteiger partial charge on any atom is 0.243 e. The van der Waals surface area contributed by atoms with E-state index in [1.165, 1.54) is 23.3 Å². The molecule has 1 aromatic heterocycles. The summed E-state index contributed by atoms with van der Waals surface area (Å²) in [6.45, 7) is 3.03. The van der Waals surface area contributed by atoms with E-state index in [1.54, 1.807) is 30.3 Å². The van der Waals surface area contributed by atoms with Gasteiger partial charge in [0.25, 0.3) is 0 Å². The van der Waals surface area contributed by atoms with Crippen molar-refractivity contribution in [3.8, 4) is 0 Å². The topological polar surface area (TPSA) is 56.7 Å². The average molecular weight is 422 g/mol. The fourth-order valence-electron chi connectivity index (χ4n) is 1.61. The number of carbonyl (C=O) groups is 1. The molecule has 0 unspecified atom stereocenters. The van der Waals surface area contributed by atoms with Crippen LogP contribution in [0.1, 0.15) is 23.3 Å². The molecule has 1 aliphatic rings. The van der Waals surface area contributed by atoms with Crippen molar-refractivity contribution < 1.29 is 4.79 Å². The van der Waals surface area contributed by atoms with Crippen molar-refractivity contribution in [1.82, 2.24) is 15.5 Å². The first-order valence-electron chi connectivity index (χ1n) is 6.84. The molecule has 0 saturated heterocycles. The minimum atomic E-state index is 0. The van der Waals surface area contributed by atoms with Gasteiger partial charge in [-0.3, -0.25) is 4.79 Å². The Bertz CT molecular complexity index is 497. The van der Waals surface area contributed by atoms with Crippen molar-refractivity contribution in [3.63, 3.8) is 0 Å². The van der Waals surface area contributed by atoms with Crippen LogP contribution >= 0.6 is 35.3 Å². The van der Waals surface area contributed by atoms with Crippen molar-refractivity contribution in [2.45, 2.75) is 32.4 Å². The van der Waals surface area contributed by atoms with Crippen molar-refractivity contribution in [3.05, 3.63) is 21.9 Å². The Kier molecular flexibility index (Phi) is 7.44. The van der Waals surface area contributed by atoms with E-state index in [2.05, 4.69) is 34.0 Å². The normalized spacial score (nSPS) is 14.3. The summed E-state index contributed by atoms with van der Waals surface area (Å²) in [6.07, 6.45) is 2.36. The van der Waals surface area contributed by atoms with E-state index in [-0.39, 0.29) is 36.4 Å². The van der Waals surface area contributed by atoms with Gasteiger partial charge in [0.15, 0.2) is 5.96 Å². The zero-order valence-corrected chi connectivity index (χ0v) is 15.8. The monoisotopic (exact) mass is 422 g/mol. The lowest BCUT2D eigenvalue weighted by Gasteiger charge is -2.13. The summed E-state index contributed by atoms with van der Waals surface area (Å²) in [5.74, 6) is 0.740. The largest absolute Gasteiger partial charge is 0.354 e. The molecule has 2 N–H and O–H groups in total. The number of aliphatic imine (C=N–C) groups is 1. The molecule has 1 fully saturated rings. The average Bonchev–Trinajstić information content (AvgIpc) is 3.13. The van der Waals surface area contributed by atoms with Crippen LogP contribution in [0.4, 0.5) is 0 Å². The molecule has 1 saturated carbocycles. The fraction of sp³-hybridized carbons (Fsp3) is 0.571.